The Hall–Kier alpha value is -5.45. The van der Waals surface area contributed by atoms with E-state index in [4.69, 9.17) is 9.52 Å². The van der Waals surface area contributed by atoms with Gasteiger partial charge in [-0.25, -0.2) is 0 Å². The van der Waals surface area contributed by atoms with Crippen LogP contribution >= 0.6 is 11.3 Å². The minimum absolute atomic E-state index is 0.909. The molecule has 0 saturated heterocycles. The molecular formula is C40H26N2OS. The van der Waals surface area contributed by atoms with Crippen molar-refractivity contribution >= 4 is 53.4 Å². The second-order valence-corrected chi connectivity index (χ2v) is 12.3. The Morgan fingerprint density at radius 1 is 0.545 bits per heavy atom. The van der Waals surface area contributed by atoms with Crippen LogP contribution in [-0.4, -0.2) is 9.78 Å². The first kappa shape index (κ1) is 25.1. The fourth-order valence-electron chi connectivity index (χ4n) is 6.52. The summed E-state index contributed by atoms with van der Waals surface area (Å²) < 4.78 is 11.0. The lowest BCUT2D eigenvalue weighted by molar-refractivity contribution is 0.670. The maximum Gasteiger partial charge on any atom is 0.143 e. The first-order chi connectivity index (χ1) is 21.7. The fourth-order valence-corrected chi connectivity index (χ4v) is 7.76. The van der Waals surface area contributed by atoms with Crippen LogP contribution in [0.5, 0.6) is 0 Å². The van der Waals surface area contributed by atoms with Crippen LogP contribution in [0.1, 0.15) is 0 Å². The highest BCUT2D eigenvalue weighted by atomic mass is 32.1. The zero-order chi connectivity index (χ0) is 29.2. The first-order valence-corrected chi connectivity index (χ1v) is 15.6. The lowest BCUT2D eigenvalue weighted by Crippen LogP contribution is -1.94. The number of aryl methyl sites for hydroxylation is 1. The van der Waals surface area contributed by atoms with Crippen molar-refractivity contribution in [2.75, 3.05) is 0 Å². The quantitative estimate of drug-likeness (QED) is 0.207. The van der Waals surface area contributed by atoms with Crippen LogP contribution in [0.3, 0.4) is 0 Å². The van der Waals surface area contributed by atoms with E-state index in [1.807, 2.05) is 35.2 Å². The molecule has 4 heteroatoms. The highest BCUT2D eigenvalue weighted by Crippen LogP contribution is 2.41. The molecule has 3 nitrogen and oxygen atoms in total. The number of rotatable bonds is 4. The zero-order valence-electron chi connectivity index (χ0n) is 24.0. The normalized spacial score (nSPS) is 11.8. The predicted octanol–water partition coefficient (Wildman–Crippen LogP) is 11.4. The van der Waals surface area contributed by atoms with Crippen LogP contribution in [-0.2, 0) is 7.05 Å². The lowest BCUT2D eigenvalue weighted by Gasteiger charge is -2.07. The summed E-state index contributed by atoms with van der Waals surface area (Å²) in [5, 5.41) is 9.87. The number of fused-ring (bicyclic) bond motifs is 6. The average Bonchev–Trinajstić information content (AvgIpc) is 3.77. The molecule has 9 rings (SSSR count). The van der Waals surface area contributed by atoms with Crippen LogP contribution < -0.4 is 0 Å². The van der Waals surface area contributed by atoms with Gasteiger partial charge in [-0.15, -0.1) is 11.3 Å². The number of thiophene rings is 1. The molecule has 44 heavy (non-hydrogen) atoms. The summed E-state index contributed by atoms with van der Waals surface area (Å²) in [6.07, 6.45) is 0. The van der Waals surface area contributed by atoms with Gasteiger partial charge in [0, 0.05) is 54.7 Å². The molecule has 0 radical (unpaired) electrons. The Kier molecular flexibility index (Phi) is 5.59. The number of benzene rings is 6. The summed E-state index contributed by atoms with van der Waals surface area (Å²) in [6, 6.07) is 49.5. The molecule has 0 atom stereocenters. The Bertz CT molecular complexity index is 2530. The summed E-state index contributed by atoms with van der Waals surface area (Å²) in [7, 11) is 2.03. The Balaban J connectivity index is 1.11. The molecule has 0 unspecified atom stereocenters. The second kappa shape index (κ2) is 9.80. The average molecular weight is 583 g/mol. The summed E-state index contributed by atoms with van der Waals surface area (Å²) in [5.74, 6) is 0. The summed E-state index contributed by atoms with van der Waals surface area (Å²) in [5.41, 5.74) is 10.7. The van der Waals surface area contributed by atoms with Gasteiger partial charge in [0.25, 0.3) is 0 Å². The van der Waals surface area contributed by atoms with Crippen molar-refractivity contribution in [3.05, 3.63) is 140 Å². The largest absolute Gasteiger partial charge is 0.455 e. The Labute approximate surface area is 258 Å². The molecule has 0 fully saturated rings. The smallest absolute Gasteiger partial charge is 0.143 e. The number of furan rings is 1. The maximum absolute atomic E-state index is 6.34. The van der Waals surface area contributed by atoms with Gasteiger partial charge < -0.3 is 4.42 Å². The van der Waals surface area contributed by atoms with Crippen molar-refractivity contribution in [3.63, 3.8) is 0 Å². The van der Waals surface area contributed by atoms with Gasteiger partial charge in [0.2, 0.25) is 0 Å². The van der Waals surface area contributed by atoms with Crippen LogP contribution in [0.15, 0.2) is 144 Å². The molecule has 0 aliphatic heterocycles. The van der Waals surface area contributed by atoms with E-state index in [2.05, 4.69) is 127 Å². The SMILES string of the molecule is Cn1nc(-c2cccc(-c3cccc4c3oc3ccccc34)c2)cc1-c1cccc(-c2cccc3c2sc2ccccc23)c1. The van der Waals surface area contributed by atoms with E-state index in [0.717, 1.165) is 55.6 Å². The van der Waals surface area contributed by atoms with Crippen molar-refractivity contribution in [1.82, 2.24) is 9.78 Å². The van der Waals surface area contributed by atoms with Gasteiger partial charge in [0.05, 0.1) is 11.4 Å². The third-order valence-electron chi connectivity index (χ3n) is 8.63. The van der Waals surface area contributed by atoms with E-state index in [1.165, 1.54) is 31.3 Å². The fraction of sp³-hybridized carbons (Fsp3) is 0.0250. The van der Waals surface area contributed by atoms with E-state index in [9.17, 15) is 0 Å². The number of nitrogens with zero attached hydrogens (tertiary/aromatic N) is 2. The molecule has 9 aromatic rings. The van der Waals surface area contributed by atoms with E-state index in [0.29, 0.717) is 0 Å². The summed E-state index contributed by atoms with van der Waals surface area (Å²) in [4.78, 5) is 0. The minimum atomic E-state index is 0.909. The van der Waals surface area contributed by atoms with Gasteiger partial charge >= 0.3 is 0 Å². The van der Waals surface area contributed by atoms with E-state index >= 15 is 0 Å². The van der Waals surface area contributed by atoms with Crippen LogP contribution in [0, 0.1) is 0 Å². The molecule has 0 aliphatic carbocycles. The molecule has 3 aromatic heterocycles. The maximum atomic E-state index is 6.34. The van der Waals surface area contributed by atoms with Crippen molar-refractivity contribution in [2.45, 2.75) is 0 Å². The third-order valence-corrected chi connectivity index (χ3v) is 9.85. The van der Waals surface area contributed by atoms with Crippen LogP contribution in [0.25, 0.3) is 86.9 Å². The Morgan fingerprint density at radius 2 is 1.18 bits per heavy atom. The van der Waals surface area contributed by atoms with E-state index < -0.39 is 0 Å². The molecule has 0 saturated carbocycles. The molecular weight excluding hydrogens is 557 g/mol. The molecule has 3 heterocycles. The van der Waals surface area contributed by atoms with Gasteiger partial charge in [-0.2, -0.15) is 5.10 Å². The second-order valence-electron chi connectivity index (χ2n) is 11.3. The molecule has 0 spiro atoms. The number of aromatic nitrogens is 2. The highest BCUT2D eigenvalue weighted by Gasteiger charge is 2.16. The van der Waals surface area contributed by atoms with Crippen molar-refractivity contribution in [1.29, 1.82) is 0 Å². The van der Waals surface area contributed by atoms with Gasteiger partial charge in [0.1, 0.15) is 11.2 Å². The number of hydrogen-bond acceptors (Lipinski definition) is 3. The molecule has 6 aromatic carbocycles. The van der Waals surface area contributed by atoms with Gasteiger partial charge in [-0.1, -0.05) is 109 Å². The molecule has 208 valence electrons. The number of hydrogen-bond donors (Lipinski definition) is 0. The van der Waals surface area contributed by atoms with Crippen molar-refractivity contribution in [2.24, 2.45) is 7.05 Å². The predicted molar refractivity (Wildman–Crippen MR) is 185 cm³/mol. The van der Waals surface area contributed by atoms with Gasteiger partial charge in [-0.05, 0) is 47.0 Å². The monoisotopic (exact) mass is 582 g/mol. The van der Waals surface area contributed by atoms with Gasteiger partial charge in [-0.3, -0.25) is 4.68 Å². The van der Waals surface area contributed by atoms with Crippen LogP contribution in [0.2, 0.25) is 0 Å². The van der Waals surface area contributed by atoms with Gasteiger partial charge in [0.15, 0.2) is 0 Å². The topological polar surface area (TPSA) is 31.0 Å². The van der Waals surface area contributed by atoms with E-state index in [-0.39, 0.29) is 0 Å². The Morgan fingerprint density at radius 3 is 2.07 bits per heavy atom. The zero-order valence-corrected chi connectivity index (χ0v) is 24.8. The third kappa shape index (κ3) is 3.92. The van der Waals surface area contributed by atoms with Crippen molar-refractivity contribution in [3.8, 4) is 44.8 Å². The first-order valence-electron chi connectivity index (χ1n) is 14.8. The standard InChI is InChI=1S/C40H26N2OS/c1-42-36(28-13-7-11-26(23-28)30-17-9-19-34-32-15-3-5-21-38(32)44-40(30)34)24-35(41-42)27-12-6-10-25(22-27)29-16-8-18-33-31-14-2-4-20-37(31)43-39(29)33/h2-24H,1H3. The van der Waals surface area contributed by atoms with Crippen LogP contribution in [0.4, 0.5) is 0 Å². The summed E-state index contributed by atoms with van der Waals surface area (Å²) in [6.45, 7) is 0. The minimum Gasteiger partial charge on any atom is -0.455 e. The molecule has 0 aliphatic rings. The molecule has 0 bridgehead atoms. The summed E-state index contributed by atoms with van der Waals surface area (Å²) >= 11 is 1.87. The lowest BCUT2D eigenvalue weighted by atomic mass is 9.98. The van der Waals surface area contributed by atoms with Crippen molar-refractivity contribution < 1.29 is 4.42 Å². The molecule has 0 amide bonds. The highest BCUT2D eigenvalue weighted by molar-refractivity contribution is 7.26. The number of para-hydroxylation sites is 2. The molecule has 0 N–H and O–H groups in total. The van der Waals surface area contributed by atoms with E-state index in [1.54, 1.807) is 0 Å².